The van der Waals surface area contributed by atoms with Gasteiger partial charge < -0.3 is 9.64 Å². The molecule has 5 heteroatoms. The van der Waals surface area contributed by atoms with Gasteiger partial charge in [0.1, 0.15) is 5.82 Å². The van der Waals surface area contributed by atoms with Gasteiger partial charge >= 0.3 is 0 Å². The Balaban J connectivity index is 1.42. The number of benzene rings is 1. The summed E-state index contributed by atoms with van der Waals surface area (Å²) in [6, 6.07) is 6.74. The summed E-state index contributed by atoms with van der Waals surface area (Å²) in [4.78, 5) is 16.4. The highest BCUT2D eigenvalue weighted by molar-refractivity contribution is 5.85. The minimum absolute atomic E-state index is 0.0558. The molecule has 4 nitrogen and oxygen atoms in total. The first-order valence-electron chi connectivity index (χ1n) is 7.79. The van der Waals surface area contributed by atoms with Crippen LogP contribution in [0.2, 0.25) is 0 Å². The van der Waals surface area contributed by atoms with Crippen LogP contribution in [-0.4, -0.2) is 48.1 Å². The molecule has 2 fully saturated rings. The lowest BCUT2D eigenvalue weighted by Crippen LogP contribution is -2.48. The highest BCUT2D eigenvalue weighted by Gasteiger charge is 2.41. The third-order valence-electron chi connectivity index (χ3n) is 4.81. The molecule has 0 radical (unpaired) electrons. The maximum absolute atomic E-state index is 13.0. The molecule has 0 saturated carbocycles. The molecule has 116 valence electrons. The number of rotatable bonds is 3. The van der Waals surface area contributed by atoms with Crippen molar-refractivity contribution in [3.8, 4) is 0 Å². The number of carbonyl (C=O) groups excluding carboxylic acids is 1. The van der Waals surface area contributed by atoms with Crippen LogP contribution >= 0.6 is 0 Å². The zero-order chi connectivity index (χ0) is 15.1. The summed E-state index contributed by atoms with van der Waals surface area (Å²) in [6.45, 7) is 2.85. The van der Waals surface area contributed by atoms with Crippen LogP contribution in [0.5, 0.6) is 0 Å². The molecule has 1 aliphatic carbocycles. The van der Waals surface area contributed by atoms with Gasteiger partial charge in [0, 0.05) is 13.1 Å². The van der Waals surface area contributed by atoms with Gasteiger partial charge in [-0.15, -0.1) is 0 Å². The molecule has 2 heterocycles. The average molecular weight is 302 g/mol. The Morgan fingerprint density at radius 3 is 2.77 bits per heavy atom. The van der Waals surface area contributed by atoms with E-state index in [1.807, 2.05) is 11.0 Å². The van der Waals surface area contributed by atoms with Gasteiger partial charge in [-0.25, -0.2) is 4.39 Å². The van der Waals surface area contributed by atoms with Gasteiger partial charge in [0.25, 0.3) is 0 Å². The molecule has 1 aromatic carbocycles. The number of morpholine rings is 1. The van der Waals surface area contributed by atoms with Gasteiger partial charge in [0.2, 0.25) is 5.91 Å². The second-order valence-electron chi connectivity index (χ2n) is 6.23. The predicted molar refractivity (Wildman–Crippen MR) is 79.4 cm³/mol. The van der Waals surface area contributed by atoms with Crippen molar-refractivity contribution in [3.05, 3.63) is 47.8 Å². The minimum atomic E-state index is -0.234. The average Bonchev–Trinajstić information content (AvgIpc) is 3.12. The van der Waals surface area contributed by atoms with Crippen LogP contribution in [0.3, 0.4) is 0 Å². The van der Waals surface area contributed by atoms with Crippen molar-refractivity contribution >= 4 is 5.91 Å². The van der Waals surface area contributed by atoms with Crippen LogP contribution < -0.4 is 0 Å². The maximum atomic E-state index is 13.0. The zero-order valence-electron chi connectivity index (χ0n) is 12.3. The van der Waals surface area contributed by atoms with Crippen LogP contribution in [0.25, 0.3) is 0 Å². The predicted octanol–water partition coefficient (Wildman–Crippen LogP) is 1.94. The summed E-state index contributed by atoms with van der Waals surface area (Å²) in [5.74, 6) is 0.109. The first-order valence-corrected chi connectivity index (χ1v) is 7.79. The zero-order valence-corrected chi connectivity index (χ0v) is 12.3. The Kier molecular flexibility index (Phi) is 3.47. The fourth-order valence-electron chi connectivity index (χ4n) is 3.57. The molecule has 3 atom stereocenters. The molecule has 4 rings (SSSR count). The molecule has 1 amide bonds. The third-order valence-corrected chi connectivity index (χ3v) is 4.81. The van der Waals surface area contributed by atoms with Gasteiger partial charge in [-0.05, 0) is 24.1 Å². The van der Waals surface area contributed by atoms with Crippen LogP contribution in [0, 0.1) is 11.7 Å². The van der Waals surface area contributed by atoms with E-state index in [9.17, 15) is 9.18 Å². The van der Waals surface area contributed by atoms with Crippen molar-refractivity contribution in [1.82, 2.24) is 9.80 Å². The van der Waals surface area contributed by atoms with Crippen LogP contribution in [0.4, 0.5) is 4.39 Å². The summed E-state index contributed by atoms with van der Waals surface area (Å²) >= 11 is 0. The Labute approximate surface area is 129 Å². The molecule has 0 spiro atoms. The summed E-state index contributed by atoms with van der Waals surface area (Å²) in [6.07, 6.45) is 5.05. The number of hydrogen-bond donors (Lipinski definition) is 0. The molecular weight excluding hydrogens is 283 g/mol. The summed E-state index contributed by atoms with van der Waals surface area (Å²) in [5.41, 5.74) is 0.986. The molecule has 2 aliphatic heterocycles. The summed E-state index contributed by atoms with van der Waals surface area (Å²) in [5, 5.41) is 0. The standard InChI is InChI=1S/C17H19FN2O2/c18-14-4-1-12(2-5-14)16-10-19(7-8-22-16)11-20-15-6-3-13(9-15)17(20)21/h1-6,13,15-16H,7-11H2/t13-,15-,16-/m0/s1. The van der Waals surface area contributed by atoms with Crippen LogP contribution in [-0.2, 0) is 9.53 Å². The van der Waals surface area contributed by atoms with Crippen molar-refractivity contribution in [1.29, 1.82) is 0 Å². The van der Waals surface area contributed by atoms with Crippen molar-refractivity contribution in [3.63, 3.8) is 0 Å². The fourth-order valence-corrected chi connectivity index (χ4v) is 3.57. The van der Waals surface area contributed by atoms with Crippen LogP contribution in [0.15, 0.2) is 36.4 Å². The van der Waals surface area contributed by atoms with Gasteiger partial charge in [0.15, 0.2) is 0 Å². The van der Waals surface area contributed by atoms with Gasteiger partial charge in [-0.1, -0.05) is 24.3 Å². The molecule has 0 unspecified atom stereocenters. The minimum Gasteiger partial charge on any atom is -0.371 e. The highest BCUT2D eigenvalue weighted by atomic mass is 19.1. The summed E-state index contributed by atoms with van der Waals surface area (Å²) in [7, 11) is 0. The number of carbonyl (C=O) groups is 1. The molecule has 3 aliphatic rings. The first-order chi connectivity index (χ1) is 10.7. The smallest absolute Gasteiger partial charge is 0.231 e. The Morgan fingerprint density at radius 2 is 2.05 bits per heavy atom. The number of ether oxygens (including phenoxy) is 1. The van der Waals surface area contributed by atoms with E-state index in [1.165, 1.54) is 12.1 Å². The number of likely N-dealkylation sites (tertiary alicyclic amines) is 1. The molecule has 1 aromatic rings. The number of nitrogens with zero attached hydrogens (tertiary/aromatic N) is 2. The van der Waals surface area contributed by atoms with Crippen molar-refractivity contribution in [2.24, 2.45) is 5.92 Å². The van der Waals surface area contributed by atoms with Gasteiger partial charge in [0.05, 0.1) is 31.3 Å². The Hall–Kier alpha value is -1.72. The van der Waals surface area contributed by atoms with E-state index in [1.54, 1.807) is 12.1 Å². The second-order valence-corrected chi connectivity index (χ2v) is 6.23. The molecule has 22 heavy (non-hydrogen) atoms. The topological polar surface area (TPSA) is 32.8 Å². The lowest BCUT2D eigenvalue weighted by atomic mass is 10.1. The lowest BCUT2D eigenvalue weighted by Gasteiger charge is -2.37. The van der Waals surface area contributed by atoms with Gasteiger partial charge in [-0.3, -0.25) is 9.69 Å². The molecule has 2 bridgehead atoms. The van der Waals surface area contributed by atoms with E-state index < -0.39 is 0 Å². The Bertz CT molecular complexity index is 601. The van der Waals surface area contributed by atoms with E-state index in [0.29, 0.717) is 13.3 Å². The maximum Gasteiger partial charge on any atom is 0.231 e. The van der Waals surface area contributed by atoms with E-state index >= 15 is 0 Å². The number of halogens is 1. The largest absolute Gasteiger partial charge is 0.371 e. The second kappa shape index (κ2) is 5.48. The van der Waals surface area contributed by atoms with Crippen molar-refractivity contribution in [2.75, 3.05) is 26.4 Å². The molecule has 2 saturated heterocycles. The fraction of sp³-hybridized carbons (Fsp3) is 0.471. The molecule has 0 aromatic heterocycles. The number of hydrogen-bond acceptors (Lipinski definition) is 3. The van der Waals surface area contributed by atoms with E-state index in [0.717, 1.165) is 25.1 Å². The van der Waals surface area contributed by atoms with E-state index in [2.05, 4.69) is 11.0 Å². The monoisotopic (exact) mass is 302 g/mol. The highest BCUT2D eigenvalue weighted by Crippen LogP contribution is 2.33. The number of fused-ring (bicyclic) bond motifs is 2. The normalized spacial score (nSPS) is 31.2. The van der Waals surface area contributed by atoms with Crippen molar-refractivity contribution in [2.45, 2.75) is 18.6 Å². The SMILES string of the molecule is O=C1[C@H]2C=C[C@@H](C2)N1CN1CCO[C@H](c2ccc(F)cc2)C1. The van der Waals surface area contributed by atoms with Crippen LogP contribution in [0.1, 0.15) is 18.1 Å². The summed E-state index contributed by atoms with van der Waals surface area (Å²) < 4.78 is 18.8. The molecular formula is C17H19FN2O2. The number of amides is 1. The molecule has 0 N–H and O–H groups in total. The Morgan fingerprint density at radius 1 is 1.23 bits per heavy atom. The lowest BCUT2D eigenvalue weighted by molar-refractivity contribution is -0.135. The van der Waals surface area contributed by atoms with E-state index in [4.69, 9.17) is 4.74 Å². The van der Waals surface area contributed by atoms with Gasteiger partial charge in [-0.2, -0.15) is 0 Å². The van der Waals surface area contributed by atoms with Crippen molar-refractivity contribution < 1.29 is 13.9 Å². The quantitative estimate of drug-likeness (QED) is 0.800. The first kappa shape index (κ1) is 13.9. The third kappa shape index (κ3) is 2.44. The van der Waals surface area contributed by atoms with E-state index in [-0.39, 0.29) is 29.8 Å².